The summed E-state index contributed by atoms with van der Waals surface area (Å²) in [4.78, 5) is 16.2. The molecule has 0 aliphatic carbocycles. The number of oxazole rings is 1. The Morgan fingerprint density at radius 2 is 2.17 bits per heavy atom. The predicted molar refractivity (Wildman–Crippen MR) is 83.8 cm³/mol. The van der Waals surface area contributed by atoms with Gasteiger partial charge in [-0.25, -0.2) is 0 Å². The van der Waals surface area contributed by atoms with Gasteiger partial charge < -0.3 is 19.8 Å². The van der Waals surface area contributed by atoms with Gasteiger partial charge in [-0.2, -0.15) is 4.98 Å². The van der Waals surface area contributed by atoms with E-state index in [1.54, 1.807) is 24.3 Å². The van der Waals surface area contributed by atoms with Gasteiger partial charge in [0, 0.05) is 23.7 Å². The molecule has 2 aromatic rings. The van der Waals surface area contributed by atoms with Gasteiger partial charge >= 0.3 is 6.08 Å². The Morgan fingerprint density at radius 1 is 1.35 bits per heavy atom. The number of hydrogen-bond donors (Lipinski definition) is 2. The summed E-state index contributed by atoms with van der Waals surface area (Å²) in [6, 6.07) is 8.05. The number of ether oxygens (including phenoxy) is 1. The quantitative estimate of drug-likeness (QED) is 0.899. The van der Waals surface area contributed by atoms with Gasteiger partial charge in [-0.05, 0) is 43.5 Å². The minimum atomic E-state index is -0.0601. The number of halogens is 1. The highest BCUT2D eigenvalue weighted by molar-refractivity contribution is 6.29. The summed E-state index contributed by atoms with van der Waals surface area (Å²) in [7, 11) is 0. The molecule has 3 unspecified atom stereocenters. The highest BCUT2D eigenvalue weighted by atomic mass is 35.5. The lowest BCUT2D eigenvalue weighted by molar-refractivity contribution is 0.0931. The fraction of sp³-hybridized carbons (Fsp3) is 0.375. The molecule has 2 bridgehead atoms. The lowest BCUT2D eigenvalue weighted by Crippen LogP contribution is -2.42. The molecule has 23 heavy (non-hydrogen) atoms. The van der Waals surface area contributed by atoms with E-state index in [1.165, 1.54) is 12.7 Å². The van der Waals surface area contributed by atoms with E-state index in [2.05, 4.69) is 15.6 Å². The summed E-state index contributed by atoms with van der Waals surface area (Å²) in [6.07, 6.45) is 4.74. The first-order valence-electron chi connectivity index (χ1n) is 7.63. The average Bonchev–Trinajstić information content (AvgIpc) is 3.25. The number of rotatable bonds is 4. The van der Waals surface area contributed by atoms with E-state index >= 15 is 0 Å². The zero-order chi connectivity index (χ0) is 15.8. The van der Waals surface area contributed by atoms with Crippen LogP contribution in [0.5, 0.6) is 11.8 Å². The van der Waals surface area contributed by atoms with Crippen LogP contribution in [-0.2, 0) is 0 Å². The first-order valence-corrected chi connectivity index (χ1v) is 8.01. The molecule has 3 heterocycles. The number of hydrogen-bond acceptors (Lipinski definition) is 5. The second-order valence-corrected chi connectivity index (χ2v) is 6.31. The molecular weight excluding hydrogens is 318 g/mol. The third kappa shape index (κ3) is 3.04. The molecule has 0 saturated carbocycles. The SMILES string of the molecule is O=C(NC1CC2CCC1N2)c1ccc(Oc2nc(Cl)co2)cc1. The van der Waals surface area contributed by atoms with Gasteiger partial charge in [0.05, 0.1) is 0 Å². The Balaban J connectivity index is 1.38. The van der Waals surface area contributed by atoms with Crippen LogP contribution in [0.15, 0.2) is 34.9 Å². The van der Waals surface area contributed by atoms with Crippen LogP contribution in [0.3, 0.4) is 0 Å². The Labute approximate surface area is 138 Å². The third-order valence-corrected chi connectivity index (χ3v) is 4.57. The number of nitrogens with one attached hydrogen (secondary N) is 2. The number of carbonyl (C=O) groups is 1. The molecule has 3 atom stereocenters. The molecule has 4 rings (SSSR count). The van der Waals surface area contributed by atoms with Crippen molar-refractivity contribution in [2.45, 2.75) is 37.4 Å². The minimum Gasteiger partial charge on any atom is -0.416 e. The summed E-state index contributed by atoms with van der Waals surface area (Å²) >= 11 is 5.66. The maximum absolute atomic E-state index is 12.3. The van der Waals surface area contributed by atoms with Gasteiger partial charge in [0.2, 0.25) is 0 Å². The van der Waals surface area contributed by atoms with Gasteiger partial charge in [0.15, 0.2) is 5.15 Å². The van der Waals surface area contributed by atoms with E-state index in [4.69, 9.17) is 20.8 Å². The zero-order valence-corrected chi connectivity index (χ0v) is 13.0. The highest BCUT2D eigenvalue weighted by Crippen LogP contribution is 2.28. The van der Waals surface area contributed by atoms with Crippen molar-refractivity contribution in [3.05, 3.63) is 41.2 Å². The highest BCUT2D eigenvalue weighted by Gasteiger charge is 2.39. The molecule has 1 aromatic carbocycles. The van der Waals surface area contributed by atoms with Crippen LogP contribution in [0.25, 0.3) is 0 Å². The zero-order valence-electron chi connectivity index (χ0n) is 12.3. The maximum atomic E-state index is 12.3. The second-order valence-electron chi connectivity index (χ2n) is 5.93. The van der Waals surface area contributed by atoms with Crippen LogP contribution >= 0.6 is 11.6 Å². The summed E-state index contributed by atoms with van der Waals surface area (Å²) in [5.74, 6) is 0.469. The summed E-state index contributed by atoms with van der Waals surface area (Å²) < 4.78 is 10.4. The Morgan fingerprint density at radius 3 is 2.78 bits per heavy atom. The van der Waals surface area contributed by atoms with E-state index in [1.807, 2.05) is 0 Å². The van der Waals surface area contributed by atoms with Gasteiger partial charge in [0.25, 0.3) is 5.91 Å². The van der Waals surface area contributed by atoms with Gasteiger partial charge in [-0.15, -0.1) is 0 Å². The summed E-state index contributed by atoms with van der Waals surface area (Å²) in [5.41, 5.74) is 0.602. The maximum Gasteiger partial charge on any atom is 0.400 e. The molecule has 0 radical (unpaired) electrons. The van der Waals surface area contributed by atoms with Crippen LogP contribution in [0.4, 0.5) is 0 Å². The van der Waals surface area contributed by atoms with E-state index < -0.39 is 0 Å². The topological polar surface area (TPSA) is 76.4 Å². The smallest absolute Gasteiger partial charge is 0.400 e. The van der Waals surface area contributed by atoms with Crippen molar-refractivity contribution in [1.82, 2.24) is 15.6 Å². The molecule has 0 spiro atoms. The molecule has 1 amide bonds. The standard InChI is InChI=1S/C16H16ClN3O3/c17-14-8-22-16(20-14)23-11-4-1-9(2-5-11)15(21)19-13-7-10-3-6-12(13)18-10/h1-2,4-5,8,10,12-13,18H,3,6-7H2,(H,19,21). The first kappa shape index (κ1) is 14.5. The average molecular weight is 334 g/mol. The number of aromatic nitrogens is 1. The lowest BCUT2D eigenvalue weighted by Gasteiger charge is -2.21. The van der Waals surface area contributed by atoms with Crippen molar-refractivity contribution in [1.29, 1.82) is 0 Å². The van der Waals surface area contributed by atoms with Crippen molar-refractivity contribution in [3.63, 3.8) is 0 Å². The van der Waals surface area contributed by atoms with Gasteiger partial charge in [0.1, 0.15) is 12.0 Å². The molecule has 120 valence electrons. The number of fused-ring (bicyclic) bond motifs is 2. The van der Waals surface area contributed by atoms with Crippen molar-refractivity contribution in [2.75, 3.05) is 0 Å². The van der Waals surface area contributed by atoms with E-state index in [9.17, 15) is 4.79 Å². The molecule has 2 aliphatic heterocycles. The molecule has 2 aliphatic rings. The van der Waals surface area contributed by atoms with E-state index in [-0.39, 0.29) is 23.2 Å². The number of benzene rings is 1. The fourth-order valence-corrected chi connectivity index (χ4v) is 3.41. The molecule has 1 aromatic heterocycles. The molecule has 2 fully saturated rings. The minimum absolute atomic E-state index is 0.0601. The molecule has 6 nitrogen and oxygen atoms in total. The summed E-state index contributed by atoms with van der Waals surface area (Å²) in [6.45, 7) is 0. The number of carbonyl (C=O) groups excluding carboxylic acids is 1. The molecule has 2 saturated heterocycles. The van der Waals surface area contributed by atoms with Crippen molar-refractivity contribution in [2.24, 2.45) is 0 Å². The summed E-state index contributed by atoms with van der Waals surface area (Å²) in [5, 5.41) is 6.85. The Hall–Kier alpha value is -2.05. The van der Waals surface area contributed by atoms with E-state index in [0.29, 0.717) is 23.4 Å². The first-order chi connectivity index (χ1) is 11.2. The normalized spacial score (nSPS) is 25.5. The largest absolute Gasteiger partial charge is 0.416 e. The Bertz CT molecular complexity index is 716. The van der Waals surface area contributed by atoms with E-state index in [0.717, 1.165) is 12.8 Å². The number of amides is 1. The van der Waals surface area contributed by atoms with Crippen LogP contribution in [0.1, 0.15) is 29.6 Å². The van der Waals surface area contributed by atoms with Crippen LogP contribution < -0.4 is 15.4 Å². The fourth-order valence-electron chi connectivity index (χ4n) is 3.30. The van der Waals surface area contributed by atoms with Gasteiger partial charge in [-0.1, -0.05) is 11.6 Å². The van der Waals surface area contributed by atoms with Crippen molar-refractivity contribution < 1.29 is 13.9 Å². The third-order valence-electron chi connectivity index (χ3n) is 4.39. The number of nitrogens with zero attached hydrogens (tertiary/aromatic N) is 1. The van der Waals surface area contributed by atoms with Crippen molar-refractivity contribution >= 4 is 17.5 Å². The van der Waals surface area contributed by atoms with Crippen LogP contribution in [-0.4, -0.2) is 29.0 Å². The predicted octanol–water partition coefficient (Wildman–Crippen LogP) is 2.74. The second kappa shape index (κ2) is 5.86. The molecule has 7 heteroatoms. The van der Waals surface area contributed by atoms with Crippen LogP contribution in [0, 0.1) is 0 Å². The van der Waals surface area contributed by atoms with Gasteiger partial charge in [-0.3, -0.25) is 4.79 Å². The molecule has 2 N–H and O–H groups in total. The Kier molecular flexibility index (Phi) is 3.71. The molecular formula is C16H16ClN3O3. The monoisotopic (exact) mass is 333 g/mol. The van der Waals surface area contributed by atoms with Crippen LogP contribution in [0.2, 0.25) is 5.15 Å². The lowest BCUT2D eigenvalue weighted by atomic mass is 9.95. The van der Waals surface area contributed by atoms with Crippen molar-refractivity contribution in [3.8, 4) is 11.8 Å².